The molecule has 0 bridgehead atoms. The van der Waals surface area contributed by atoms with Crippen molar-refractivity contribution in [3.63, 3.8) is 0 Å². The molecule has 1 fully saturated rings. The minimum atomic E-state index is 0.0648. The van der Waals surface area contributed by atoms with E-state index in [1.807, 2.05) is 36.2 Å². The largest absolute Gasteiger partial charge is 0.371 e. The molecule has 3 rings (SSSR count). The van der Waals surface area contributed by atoms with E-state index in [4.69, 9.17) is 11.6 Å². The standard InChI is InChI=1S/C17H20ClN3O/c1-20(17(22)16-3-2-10-19-16)14-8-11-21(12-9-14)15-6-4-13(18)5-7-15/h2-7,10,14,19H,8-9,11-12H2,1H3. The summed E-state index contributed by atoms with van der Waals surface area (Å²) in [5, 5.41) is 0.759. The van der Waals surface area contributed by atoms with Crippen LogP contribution in [0.25, 0.3) is 0 Å². The van der Waals surface area contributed by atoms with Crippen LogP contribution in [-0.4, -0.2) is 42.0 Å². The summed E-state index contributed by atoms with van der Waals surface area (Å²) in [7, 11) is 1.89. The van der Waals surface area contributed by atoms with Gasteiger partial charge in [-0.15, -0.1) is 0 Å². The monoisotopic (exact) mass is 317 g/mol. The van der Waals surface area contributed by atoms with Gasteiger partial charge in [0.25, 0.3) is 5.91 Å². The van der Waals surface area contributed by atoms with Gasteiger partial charge in [0, 0.05) is 43.1 Å². The molecule has 1 aromatic carbocycles. The molecule has 0 aliphatic carbocycles. The highest BCUT2D eigenvalue weighted by atomic mass is 35.5. The number of nitrogens with zero attached hydrogens (tertiary/aromatic N) is 2. The highest BCUT2D eigenvalue weighted by molar-refractivity contribution is 6.30. The third-order valence-electron chi connectivity index (χ3n) is 4.35. The van der Waals surface area contributed by atoms with E-state index in [-0.39, 0.29) is 5.91 Å². The number of aromatic amines is 1. The molecule has 1 saturated heterocycles. The van der Waals surface area contributed by atoms with E-state index in [2.05, 4.69) is 22.0 Å². The molecule has 0 unspecified atom stereocenters. The number of benzene rings is 1. The van der Waals surface area contributed by atoms with Crippen LogP contribution in [0, 0.1) is 0 Å². The van der Waals surface area contributed by atoms with Gasteiger partial charge in [-0.3, -0.25) is 4.79 Å². The van der Waals surface area contributed by atoms with E-state index >= 15 is 0 Å². The Bertz CT molecular complexity index is 616. The smallest absolute Gasteiger partial charge is 0.270 e. The maximum atomic E-state index is 12.4. The van der Waals surface area contributed by atoms with Crippen molar-refractivity contribution in [2.75, 3.05) is 25.0 Å². The highest BCUT2D eigenvalue weighted by Crippen LogP contribution is 2.24. The molecule has 5 heteroatoms. The fraction of sp³-hybridized carbons (Fsp3) is 0.353. The van der Waals surface area contributed by atoms with Crippen LogP contribution in [0.2, 0.25) is 5.02 Å². The van der Waals surface area contributed by atoms with Gasteiger partial charge >= 0.3 is 0 Å². The van der Waals surface area contributed by atoms with Gasteiger partial charge < -0.3 is 14.8 Å². The third kappa shape index (κ3) is 3.12. The summed E-state index contributed by atoms with van der Waals surface area (Å²) in [6.45, 7) is 1.91. The summed E-state index contributed by atoms with van der Waals surface area (Å²) in [5.41, 5.74) is 1.85. The van der Waals surface area contributed by atoms with Crippen molar-refractivity contribution in [1.82, 2.24) is 9.88 Å². The Morgan fingerprint density at radius 1 is 1.23 bits per heavy atom. The van der Waals surface area contributed by atoms with Crippen LogP contribution in [0.4, 0.5) is 5.69 Å². The number of nitrogens with one attached hydrogen (secondary N) is 1. The Kier molecular flexibility index (Phi) is 4.39. The molecule has 1 N–H and O–H groups in total. The second-order valence-corrected chi connectivity index (χ2v) is 6.13. The molecule has 0 radical (unpaired) electrons. The van der Waals surface area contributed by atoms with E-state index in [0.717, 1.165) is 31.0 Å². The first-order valence-electron chi connectivity index (χ1n) is 7.56. The molecule has 0 saturated carbocycles. The van der Waals surface area contributed by atoms with Gasteiger partial charge in [-0.2, -0.15) is 0 Å². The van der Waals surface area contributed by atoms with Crippen LogP contribution in [0.3, 0.4) is 0 Å². The summed E-state index contributed by atoms with van der Waals surface area (Å²) >= 11 is 5.93. The minimum Gasteiger partial charge on any atom is -0.371 e. The number of anilines is 1. The zero-order valence-corrected chi connectivity index (χ0v) is 13.4. The zero-order valence-electron chi connectivity index (χ0n) is 12.6. The van der Waals surface area contributed by atoms with Gasteiger partial charge in [0.2, 0.25) is 0 Å². The van der Waals surface area contributed by atoms with Gasteiger partial charge in [0.1, 0.15) is 5.69 Å². The first-order valence-corrected chi connectivity index (χ1v) is 7.94. The molecule has 1 aromatic heterocycles. The maximum absolute atomic E-state index is 12.4. The van der Waals surface area contributed by atoms with Crippen molar-refractivity contribution in [2.24, 2.45) is 0 Å². The Labute approximate surface area is 135 Å². The molecule has 0 atom stereocenters. The zero-order chi connectivity index (χ0) is 15.5. The van der Waals surface area contributed by atoms with E-state index in [9.17, 15) is 4.79 Å². The second kappa shape index (κ2) is 6.44. The molecule has 2 heterocycles. The number of halogens is 1. The minimum absolute atomic E-state index is 0.0648. The van der Waals surface area contributed by atoms with Crippen molar-refractivity contribution in [2.45, 2.75) is 18.9 Å². The van der Waals surface area contributed by atoms with Crippen molar-refractivity contribution in [3.8, 4) is 0 Å². The van der Waals surface area contributed by atoms with Crippen LogP contribution in [-0.2, 0) is 0 Å². The fourth-order valence-electron chi connectivity index (χ4n) is 2.98. The normalized spacial score (nSPS) is 15.8. The summed E-state index contributed by atoms with van der Waals surface area (Å²) in [6.07, 6.45) is 3.74. The fourth-order valence-corrected chi connectivity index (χ4v) is 3.11. The lowest BCUT2D eigenvalue weighted by molar-refractivity contribution is 0.0704. The molecule has 4 nitrogen and oxygen atoms in total. The first-order chi connectivity index (χ1) is 10.6. The van der Waals surface area contributed by atoms with Crippen LogP contribution >= 0.6 is 11.6 Å². The van der Waals surface area contributed by atoms with Crippen molar-refractivity contribution >= 4 is 23.2 Å². The van der Waals surface area contributed by atoms with Gasteiger partial charge in [-0.05, 0) is 49.2 Å². The molecule has 116 valence electrons. The number of amides is 1. The van der Waals surface area contributed by atoms with Gasteiger partial charge in [-0.1, -0.05) is 11.6 Å². The number of carbonyl (C=O) groups excluding carboxylic acids is 1. The molecule has 22 heavy (non-hydrogen) atoms. The second-order valence-electron chi connectivity index (χ2n) is 5.69. The molecule has 2 aromatic rings. The lowest BCUT2D eigenvalue weighted by atomic mass is 10.0. The first kappa shape index (κ1) is 15.0. The molecule has 1 aliphatic heterocycles. The van der Waals surface area contributed by atoms with Crippen molar-refractivity contribution in [3.05, 3.63) is 53.3 Å². The topological polar surface area (TPSA) is 39.3 Å². The van der Waals surface area contributed by atoms with Crippen molar-refractivity contribution in [1.29, 1.82) is 0 Å². The quantitative estimate of drug-likeness (QED) is 0.942. The van der Waals surface area contributed by atoms with Gasteiger partial charge in [0.05, 0.1) is 0 Å². The lowest BCUT2D eigenvalue weighted by Gasteiger charge is -2.37. The Hall–Kier alpha value is -1.94. The predicted molar refractivity (Wildman–Crippen MR) is 89.6 cm³/mol. The highest BCUT2D eigenvalue weighted by Gasteiger charge is 2.26. The van der Waals surface area contributed by atoms with Crippen LogP contribution in [0.15, 0.2) is 42.6 Å². The summed E-state index contributed by atoms with van der Waals surface area (Å²) in [4.78, 5) is 19.6. The molecular formula is C17H20ClN3O. The van der Waals surface area contributed by atoms with Crippen molar-refractivity contribution < 1.29 is 4.79 Å². The number of aromatic nitrogens is 1. The SMILES string of the molecule is CN(C(=O)c1ccc[nH]1)C1CCN(c2ccc(Cl)cc2)CC1. The third-order valence-corrected chi connectivity index (χ3v) is 4.60. The Morgan fingerprint density at radius 2 is 1.91 bits per heavy atom. The van der Waals surface area contributed by atoms with Gasteiger partial charge in [-0.25, -0.2) is 0 Å². The Morgan fingerprint density at radius 3 is 2.50 bits per heavy atom. The lowest BCUT2D eigenvalue weighted by Crippen LogP contribution is -2.45. The average molecular weight is 318 g/mol. The van der Waals surface area contributed by atoms with E-state index in [1.54, 1.807) is 6.20 Å². The number of hydrogen-bond acceptors (Lipinski definition) is 2. The number of carbonyl (C=O) groups is 1. The van der Waals surface area contributed by atoms with Crippen LogP contribution in [0.1, 0.15) is 23.3 Å². The van der Waals surface area contributed by atoms with E-state index in [0.29, 0.717) is 11.7 Å². The van der Waals surface area contributed by atoms with Crippen LogP contribution < -0.4 is 4.90 Å². The maximum Gasteiger partial charge on any atom is 0.270 e. The van der Waals surface area contributed by atoms with Crippen LogP contribution in [0.5, 0.6) is 0 Å². The molecular weight excluding hydrogens is 298 g/mol. The number of rotatable bonds is 3. The summed E-state index contributed by atoms with van der Waals surface area (Å²) < 4.78 is 0. The Balaban J connectivity index is 1.59. The number of piperidine rings is 1. The molecule has 1 amide bonds. The predicted octanol–water partition coefficient (Wildman–Crippen LogP) is 3.41. The van der Waals surface area contributed by atoms with Gasteiger partial charge in [0.15, 0.2) is 0 Å². The number of H-pyrrole nitrogens is 1. The summed E-state index contributed by atoms with van der Waals surface area (Å²) in [6, 6.07) is 11.9. The van der Waals surface area contributed by atoms with E-state index < -0.39 is 0 Å². The van der Waals surface area contributed by atoms with E-state index in [1.165, 1.54) is 5.69 Å². The summed E-state index contributed by atoms with van der Waals surface area (Å²) in [5.74, 6) is 0.0648. The molecule has 1 aliphatic rings. The average Bonchev–Trinajstić information content (AvgIpc) is 3.09. The number of hydrogen-bond donors (Lipinski definition) is 1. The molecule has 0 spiro atoms.